The van der Waals surface area contributed by atoms with Crippen molar-refractivity contribution in [3.05, 3.63) is 53.9 Å². The van der Waals surface area contributed by atoms with Gasteiger partial charge in [0.1, 0.15) is 0 Å². The number of amides is 1. The summed E-state index contributed by atoms with van der Waals surface area (Å²) in [5.74, 6) is -0.210. The van der Waals surface area contributed by atoms with Crippen LogP contribution in [-0.4, -0.2) is 28.6 Å². The number of rotatable bonds is 5. The standard InChI is InChI=1S/C17H20N2O2/c1-3-16(11-20)19-17(21)15-8-14(9-18-10-15)13-6-4-5-12(2)7-13/h4-10,16,20H,3,11H2,1-2H3,(H,19,21)/t16-/m0/s1. The van der Waals surface area contributed by atoms with Crippen LogP contribution in [0, 0.1) is 6.92 Å². The van der Waals surface area contributed by atoms with E-state index in [9.17, 15) is 4.79 Å². The van der Waals surface area contributed by atoms with Crippen LogP contribution < -0.4 is 5.32 Å². The molecule has 1 atom stereocenters. The lowest BCUT2D eigenvalue weighted by molar-refractivity contribution is 0.0914. The first-order chi connectivity index (χ1) is 10.1. The van der Waals surface area contributed by atoms with E-state index in [2.05, 4.69) is 16.4 Å². The van der Waals surface area contributed by atoms with E-state index in [1.807, 2.05) is 38.1 Å². The number of aryl methyl sites for hydroxylation is 1. The maximum absolute atomic E-state index is 12.2. The molecule has 4 heteroatoms. The quantitative estimate of drug-likeness (QED) is 0.887. The van der Waals surface area contributed by atoms with Gasteiger partial charge >= 0.3 is 0 Å². The highest BCUT2D eigenvalue weighted by molar-refractivity contribution is 5.95. The Hall–Kier alpha value is -2.20. The van der Waals surface area contributed by atoms with Crippen LogP contribution >= 0.6 is 0 Å². The molecular formula is C17H20N2O2. The number of aromatic nitrogens is 1. The Morgan fingerprint density at radius 2 is 2.10 bits per heavy atom. The van der Waals surface area contributed by atoms with E-state index in [4.69, 9.17) is 5.11 Å². The molecule has 0 spiro atoms. The zero-order valence-electron chi connectivity index (χ0n) is 12.3. The molecule has 0 aliphatic heterocycles. The minimum Gasteiger partial charge on any atom is -0.394 e. The molecule has 1 heterocycles. The molecule has 0 radical (unpaired) electrons. The molecule has 0 aliphatic carbocycles. The summed E-state index contributed by atoms with van der Waals surface area (Å²) in [6.07, 6.45) is 3.97. The Bertz CT molecular complexity index is 622. The molecule has 4 nitrogen and oxygen atoms in total. The second-order valence-corrected chi connectivity index (χ2v) is 5.09. The summed E-state index contributed by atoms with van der Waals surface area (Å²) >= 11 is 0. The summed E-state index contributed by atoms with van der Waals surface area (Å²) in [7, 11) is 0. The van der Waals surface area contributed by atoms with Crippen molar-refractivity contribution in [3.63, 3.8) is 0 Å². The van der Waals surface area contributed by atoms with E-state index in [1.54, 1.807) is 12.4 Å². The van der Waals surface area contributed by atoms with Gasteiger partial charge in [-0.3, -0.25) is 9.78 Å². The average Bonchev–Trinajstić information content (AvgIpc) is 2.52. The zero-order valence-corrected chi connectivity index (χ0v) is 12.3. The highest BCUT2D eigenvalue weighted by Crippen LogP contribution is 2.20. The van der Waals surface area contributed by atoms with E-state index in [1.165, 1.54) is 0 Å². The minimum atomic E-state index is -0.222. The van der Waals surface area contributed by atoms with E-state index in [0.29, 0.717) is 12.0 Å². The Balaban J connectivity index is 2.23. The van der Waals surface area contributed by atoms with E-state index in [-0.39, 0.29) is 18.6 Å². The maximum Gasteiger partial charge on any atom is 0.253 e. The van der Waals surface area contributed by atoms with Gasteiger partial charge in [0, 0.05) is 18.0 Å². The lowest BCUT2D eigenvalue weighted by Gasteiger charge is -2.14. The normalized spacial score (nSPS) is 12.0. The number of aliphatic hydroxyl groups is 1. The molecule has 0 bridgehead atoms. The maximum atomic E-state index is 12.2. The van der Waals surface area contributed by atoms with Crippen LogP contribution in [0.25, 0.3) is 11.1 Å². The predicted molar refractivity (Wildman–Crippen MR) is 83.0 cm³/mol. The Labute approximate surface area is 124 Å². The Morgan fingerprint density at radius 1 is 1.29 bits per heavy atom. The van der Waals surface area contributed by atoms with Gasteiger partial charge in [-0.15, -0.1) is 0 Å². The van der Waals surface area contributed by atoms with Crippen molar-refractivity contribution in [2.24, 2.45) is 0 Å². The van der Waals surface area contributed by atoms with Gasteiger partial charge in [0.05, 0.1) is 18.2 Å². The smallest absolute Gasteiger partial charge is 0.253 e. The van der Waals surface area contributed by atoms with Crippen LogP contribution in [0.1, 0.15) is 29.3 Å². The molecule has 1 amide bonds. The third-order valence-corrected chi connectivity index (χ3v) is 3.40. The van der Waals surface area contributed by atoms with Crippen molar-refractivity contribution in [1.82, 2.24) is 10.3 Å². The Morgan fingerprint density at radius 3 is 2.76 bits per heavy atom. The zero-order chi connectivity index (χ0) is 15.2. The highest BCUT2D eigenvalue weighted by atomic mass is 16.3. The number of carbonyl (C=O) groups excluding carboxylic acids is 1. The number of carbonyl (C=O) groups is 1. The summed E-state index contributed by atoms with van der Waals surface area (Å²) in [5.41, 5.74) is 3.60. The molecule has 0 saturated heterocycles. The largest absolute Gasteiger partial charge is 0.394 e. The SMILES string of the molecule is CC[C@@H](CO)NC(=O)c1cncc(-c2cccc(C)c2)c1. The van der Waals surface area contributed by atoms with E-state index >= 15 is 0 Å². The van der Waals surface area contributed by atoms with Crippen LogP contribution in [0.5, 0.6) is 0 Å². The summed E-state index contributed by atoms with van der Waals surface area (Å²) < 4.78 is 0. The molecule has 110 valence electrons. The molecule has 0 fully saturated rings. The molecule has 0 unspecified atom stereocenters. The number of nitrogens with one attached hydrogen (secondary N) is 1. The number of hydrogen-bond acceptors (Lipinski definition) is 3. The van der Waals surface area contributed by atoms with Crippen LogP contribution in [0.2, 0.25) is 0 Å². The van der Waals surface area contributed by atoms with Gasteiger partial charge in [-0.25, -0.2) is 0 Å². The van der Waals surface area contributed by atoms with Gasteiger partial charge < -0.3 is 10.4 Å². The molecule has 0 saturated carbocycles. The van der Waals surface area contributed by atoms with Crippen LogP contribution in [0.3, 0.4) is 0 Å². The van der Waals surface area contributed by atoms with Crippen LogP contribution in [-0.2, 0) is 0 Å². The van der Waals surface area contributed by atoms with Crippen LogP contribution in [0.15, 0.2) is 42.7 Å². The molecular weight excluding hydrogens is 264 g/mol. The monoisotopic (exact) mass is 284 g/mol. The van der Waals surface area contributed by atoms with Crippen molar-refractivity contribution in [1.29, 1.82) is 0 Å². The third-order valence-electron chi connectivity index (χ3n) is 3.40. The van der Waals surface area contributed by atoms with Gasteiger partial charge in [0.2, 0.25) is 0 Å². The summed E-state index contributed by atoms with van der Waals surface area (Å²) in [4.78, 5) is 16.3. The average molecular weight is 284 g/mol. The van der Waals surface area contributed by atoms with Crippen LogP contribution in [0.4, 0.5) is 0 Å². The highest BCUT2D eigenvalue weighted by Gasteiger charge is 2.12. The Kier molecular flexibility index (Phi) is 5.06. The summed E-state index contributed by atoms with van der Waals surface area (Å²) in [6, 6.07) is 9.66. The minimum absolute atomic E-state index is 0.0623. The number of benzene rings is 1. The molecule has 1 aromatic heterocycles. The first-order valence-corrected chi connectivity index (χ1v) is 7.08. The fraction of sp³-hybridized carbons (Fsp3) is 0.294. The summed E-state index contributed by atoms with van der Waals surface area (Å²) in [5, 5.41) is 11.9. The number of nitrogens with zero attached hydrogens (tertiary/aromatic N) is 1. The number of aliphatic hydroxyl groups excluding tert-OH is 1. The van der Waals surface area contributed by atoms with Gasteiger partial charge in [0.25, 0.3) is 5.91 Å². The number of hydrogen-bond donors (Lipinski definition) is 2. The molecule has 2 rings (SSSR count). The second kappa shape index (κ2) is 6.99. The molecule has 21 heavy (non-hydrogen) atoms. The molecule has 2 aromatic rings. The van der Waals surface area contributed by atoms with Crippen molar-refractivity contribution >= 4 is 5.91 Å². The van der Waals surface area contributed by atoms with Gasteiger partial charge in [0.15, 0.2) is 0 Å². The fourth-order valence-corrected chi connectivity index (χ4v) is 2.09. The van der Waals surface area contributed by atoms with Crippen molar-refractivity contribution < 1.29 is 9.90 Å². The molecule has 1 aromatic carbocycles. The fourth-order valence-electron chi connectivity index (χ4n) is 2.09. The lowest BCUT2D eigenvalue weighted by Crippen LogP contribution is -2.36. The van der Waals surface area contributed by atoms with E-state index in [0.717, 1.165) is 16.7 Å². The first kappa shape index (κ1) is 15.2. The van der Waals surface area contributed by atoms with Crippen molar-refractivity contribution in [2.75, 3.05) is 6.61 Å². The van der Waals surface area contributed by atoms with Gasteiger partial charge in [-0.2, -0.15) is 0 Å². The predicted octanol–water partition coefficient (Wildman–Crippen LogP) is 2.56. The van der Waals surface area contributed by atoms with Gasteiger partial charge in [-0.1, -0.05) is 36.8 Å². The second-order valence-electron chi connectivity index (χ2n) is 5.09. The first-order valence-electron chi connectivity index (χ1n) is 7.08. The number of pyridine rings is 1. The summed E-state index contributed by atoms with van der Waals surface area (Å²) in [6.45, 7) is 3.89. The van der Waals surface area contributed by atoms with Crippen molar-refractivity contribution in [3.8, 4) is 11.1 Å². The van der Waals surface area contributed by atoms with E-state index < -0.39 is 0 Å². The molecule has 0 aliphatic rings. The topological polar surface area (TPSA) is 62.2 Å². The third kappa shape index (κ3) is 3.89. The molecule has 2 N–H and O–H groups in total. The van der Waals surface area contributed by atoms with Gasteiger partial charge in [-0.05, 0) is 25.0 Å². The lowest BCUT2D eigenvalue weighted by atomic mass is 10.0. The van der Waals surface area contributed by atoms with Crippen molar-refractivity contribution in [2.45, 2.75) is 26.3 Å².